The number of hydrogen-bond acceptors (Lipinski definition) is 8. The fourth-order valence-electron chi connectivity index (χ4n) is 3.07. The zero-order valence-electron chi connectivity index (χ0n) is 17.3. The van der Waals surface area contributed by atoms with Gasteiger partial charge in [0.05, 0.1) is 31.6 Å². The number of ether oxygens (including phenoxy) is 3. The van der Waals surface area contributed by atoms with Crippen molar-refractivity contribution in [1.82, 2.24) is 10.2 Å². The van der Waals surface area contributed by atoms with E-state index >= 15 is 0 Å². The molecule has 0 fully saturated rings. The van der Waals surface area contributed by atoms with Crippen molar-refractivity contribution in [3.05, 3.63) is 47.7 Å². The Bertz CT molecular complexity index is 1080. The molecule has 2 aliphatic rings. The van der Waals surface area contributed by atoms with Gasteiger partial charge in [-0.1, -0.05) is 0 Å². The van der Waals surface area contributed by atoms with Crippen LogP contribution in [0.3, 0.4) is 0 Å². The summed E-state index contributed by atoms with van der Waals surface area (Å²) in [5, 5.41) is 2.75. The fourth-order valence-corrected chi connectivity index (χ4v) is 4.04. The first kappa shape index (κ1) is 22.3. The average molecular weight is 449 g/mol. The Kier molecular flexibility index (Phi) is 6.64. The van der Waals surface area contributed by atoms with Crippen molar-refractivity contribution in [2.45, 2.75) is 13.0 Å². The van der Waals surface area contributed by atoms with Gasteiger partial charge in [-0.3, -0.25) is 4.79 Å². The minimum atomic E-state index is -3.48. The zero-order chi connectivity index (χ0) is 22.6. The lowest BCUT2D eigenvalue weighted by molar-refractivity contribution is -0.144. The molecule has 31 heavy (non-hydrogen) atoms. The van der Waals surface area contributed by atoms with E-state index < -0.39 is 34.5 Å². The van der Waals surface area contributed by atoms with Gasteiger partial charge in [0.2, 0.25) is 0 Å². The van der Waals surface area contributed by atoms with E-state index in [0.29, 0.717) is 17.1 Å². The number of rotatable bonds is 7. The molecule has 11 heteroatoms. The second kappa shape index (κ2) is 9.21. The highest BCUT2D eigenvalue weighted by Gasteiger charge is 2.25. The summed E-state index contributed by atoms with van der Waals surface area (Å²) in [7, 11) is -0.406. The molecule has 0 bridgehead atoms. The lowest BCUT2D eigenvalue weighted by atomic mass is 10.1. The van der Waals surface area contributed by atoms with Gasteiger partial charge in [-0.05, 0) is 37.3 Å². The third kappa shape index (κ3) is 5.43. The number of carbonyl (C=O) groups excluding carboxylic acids is 2. The highest BCUT2D eigenvalue weighted by Crippen LogP contribution is 2.29. The average Bonchev–Trinajstić information content (AvgIpc) is 2.75. The van der Waals surface area contributed by atoms with Crippen LogP contribution in [0.5, 0.6) is 11.5 Å². The molecule has 10 nitrogen and oxygen atoms in total. The van der Waals surface area contributed by atoms with Gasteiger partial charge in [0.1, 0.15) is 17.3 Å². The Morgan fingerprint density at radius 2 is 2.00 bits per heavy atom. The second-order valence-corrected chi connectivity index (χ2v) is 8.57. The van der Waals surface area contributed by atoms with E-state index in [0.717, 1.165) is 0 Å². The minimum absolute atomic E-state index is 0.142. The quantitative estimate of drug-likeness (QED) is 0.610. The standard InChI is InChI=1S/C20H23N3O7S/c1-13(16-10-15(28-2)5-6-17(16)29-3)21-19(24)12-30-20(25)14-4-7-18-22-31(26,27)9-8-23(18)11-14/h4-7,10-11,13H,8-9,12H2,1-3H3,(H,21,24). The Balaban J connectivity index is 1.57. The number of nitrogens with one attached hydrogen (secondary N) is 1. The van der Waals surface area contributed by atoms with Crippen molar-refractivity contribution in [1.29, 1.82) is 0 Å². The van der Waals surface area contributed by atoms with E-state index in [9.17, 15) is 18.0 Å². The maximum absolute atomic E-state index is 12.3. The number of sulfonamides is 1. The highest BCUT2D eigenvalue weighted by molar-refractivity contribution is 7.90. The number of hydrogen-bond donors (Lipinski definition) is 1. The van der Waals surface area contributed by atoms with Gasteiger partial charge in [-0.15, -0.1) is 4.40 Å². The summed E-state index contributed by atoms with van der Waals surface area (Å²) in [4.78, 5) is 26.1. The van der Waals surface area contributed by atoms with Crippen molar-refractivity contribution in [2.24, 2.45) is 4.40 Å². The van der Waals surface area contributed by atoms with Crippen LogP contribution in [-0.4, -0.2) is 64.2 Å². The molecule has 1 N–H and O–H groups in total. The molecule has 1 aromatic rings. The molecular formula is C20H23N3O7S. The maximum atomic E-state index is 12.3. The van der Waals surface area contributed by atoms with Crippen LogP contribution in [0.4, 0.5) is 0 Å². The Morgan fingerprint density at radius 3 is 2.71 bits per heavy atom. The number of nitrogens with zero attached hydrogens (tertiary/aromatic N) is 2. The topological polar surface area (TPSA) is 124 Å². The number of esters is 1. The Hall–Kier alpha value is -3.34. The van der Waals surface area contributed by atoms with Crippen molar-refractivity contribution < 1.29 is 32.2 Å². The first-order chi connectivity index (χ1) is 14.7. The first-order valence-electron chi connectivity index (χ1n) is 9.40. The van der Waals surface area contributed by atoms with E-state index in [1.54, 1.807) is 37.1 Å². The molecule has 2 heterocycles. The van der Waals surface area contributed by atoms with Crippen molar-refractivity contribution in [3.8, 4) is 11.5 Å². The van der Waals surface area contributed by atoms with Gasteiger partial charge in [-0.2, -0.15) is 0 Å². The predicted molar refractivity (Wildman–Crippen MR) is 112 cm³/mol. The number of carbonyl (C=O) groups is 2. The number of methoxy groups -OCH3 is 2. The van der Waals surface area contributed by atoms with Gasteiger partial charge < -0.3 is 24.4 Å². The maximum Gasteiger partial charge on any atom is 0.340 e. The van der Waals surface area contributed by atoms with Crippen LogP contribution in [0, 0.1) is 0 Å². The van der Waals surface area contributed by atoms with Crippen LogP contribution >= 0.6 is 0 Å². The van der Waals surface area contributed by atoms with Crippen molar-refractivity contribution in [2.75, 3.05) is 33.1 Å². The predicted octanol–water partition coefficient (Wildman–Crippen LogP) is 0.922. The van der Waals surface area contributed by atoms with E-state index in [1.165, 1.54) is 25.5 Å². The van der Waals surface area contributed by atoms with Gasteiger partial charge in [0.25, 0.3) is 15.9 Å². The zero-order valence-corrected chi connectivity index (χ0v) is 18.1. The molecule has 0 radical (unpaired) electrons. The fraction of sp³-hybridized carbons (Fsp3) is 0.350. The summed E-state index contributed by atoms with van der Waals surface area (Å²) in [5.74, 6) is 0.110. The number of amides is 1. The summed E-state index contributed by atoms with van der Waals surface area (Å²) in [6.45, 7) is 1.48. The molecule has 0 spiro atoms. The van der Waals surface area contributed by atoms with Crippen LogP contribution in [0.2, 0.25) is 0 Å². The molecule has 1 amide bonds. The number of amidine groups is 1. The molecule has 0 saturated heterocycles. The third-order valence-corrected chi connectivity index (χ3v) is 5.84. The molecular weight excluding hydrogens is 426 g/mol. The Morgan fingerprint density at radius 1 is 1.23 bits per heavy atom. The highest BCUT2D eigenvalue weighted by atomic mass is 32.2. The van der Waals surface area contributed by atoms with E-state index in [2.05, 4.69) is 9.71 Å². The number of benzene rings is 1. The second-order valence-electron chi connectivity index (χ2n) is 6.82. The van der Waals surface area contributed by atoms with E-state index in [4.69, 9.17) is 14.2 Å². The minimum Gasteiger partial charge on any atom is -0.497 e. The van der Waals surface area contributed by atoms with Gasteiger partial charge in [0, 0.05) is 18.3 Å². The molecule has 0 saturated carbocycles. The van der Waals surface area contributed by atoms with Crippen LogP contribution < -0.4 is 14.8 Å². The Labute approximate surface area is 180 Å². The van der Waals surface area contributed by atoms with Crippen molar-refractivity contribution >= 4 is 27.7 Å². The summed E-state index contributed by atoms with van der Waals surface area (Å²) < 4.78 is 42.4. The first-order valence-corrected chi connectivity index (χ1v) is 11.0. The van der Waals surface area contributed by atoms with Crippen LogP contribution in [0.25, 0.3) is 0 Å². The monoisotopic (exact) mass is 449 g/mol. The van der Waals surface area contributed by atoms with Crippen LogP contribution in [0.15, 0.2) is 46.5 Å². The molecule has 1 aromatic carbocycles. The summed E-state index contributed by atoms with van der Waals surface area (Å²) in [6, 6.07) is 4.82. The molecule has 0 aromatic heterocycles. The summed E-state index contributed by atoms with van der Waals surface area (Å²) >= 11 is 0. The molecule has 166 valence electrons. The van der Waals surface area contributed by atoms with Crippen LogP contribution in [0.1, 0.15) is 18.5 Å². The van der Waals surface area contributed by atoms with E-state index in [-0.39, 0.29) is 23.7 Å². The van der Waals surface area contributed by atoms with Crippen molar-refractivity contribution in [3.63, 3.8) is 0 Å². The lowest BCUT2D eigenvalue weighted by Gasteiger charge is -2.26. The third-order valence-electron chi connectivity index (χ3n) is 4.67. The van der Waals surface area contributed by atoms with E-state index in [1.807, 2.05) is 0 Å². The van der Waals surface area contributed by atoms with Gasteiger partial charge in [0.15, 0.2) is 6.61 Å². The SMILES string of the molecule is COc1ccc(OC)c(C(C)NC(=O)COC(=O)C2=CN3CCS(=O)(=O)N=C3C=C2)c1. The lowest BCUT2D eigenvalue weighted by Crippen LogP contribution is -2.37. The largest absolute Gasteiger partial charge is 0.497 e. The smallest absolute Gasteiger partial charge is 0.340 e. The summed E-state index contributed by atoms with van der Waals surface area (Å²) in [5.41, 5.74) is 0.903. The van der Waals surface area contributed by atoms with Gasteiger partial charge >= 0.3 is 5.97 Å². The normalized spacial score (nSPS) is 17.6. The molecule has 3 rings (SSSR count). The molecule has 1 atom stereocenters. The molecule has 1 unspecified atom stereocenters. The molecule has 2 aliphatic heterocycles. The van der Waals surface area contributed by atoms with Gasteiger partial charge in [-0.25, -0.2) is 13.2 Å². The van der Waals surface area contributed by atoms with Crippen LogP contribution in [-0.2, 0) is 24.3 Å². The number of fused-ring (bicyclic) bond motifs is 1. The molecule has 0 aliphatic carbocycles. The summed E-state index contributed by atoms with van der Waals surface area (Å²) in [6.07, 6.45) is 4.28.